The number of hydrogen-bond acceptors (Lipinski definition) is 6. The van der Waals surface area contributed by atoms with Gasteiger partial charge < -0.3 is 9.47 Å². The third-order valence-electron chi connectivity index (χ3n) is 4.51. The number of halogens is 1. The molecule has 3 rings (SSSR count). The Labute approximate surface area is 199 Å². The first-order valence-corrected chi connectivity index (χ1v) is 12.0. The zero-order valence-corrected chi connectivity index (χ0v) is 20.5. The van der Waals surface area contributed by atoms with Crippen molar-refractivity contribution in [3.8, 4) is 11.5 Å². The number of hydrogen-bond donors (Lipinski definition) is 0. The molecule has 1 aromatic heterocycles. The Morgan fingerprint density at radius 3 is 2.59 bits per heavy atom. The molecule has 0 fully saturated rings. The summed E-state index contributed by atoms with van der Waals surface area (Å²) >= 11 is 7.58. The van der Waals surface area contributed by atoms with Crippen molar-refractivity contribution in [2.75, 3.05) is 13.7 Å². The minimum atomic E-state index is 0.440. The molecule has 0 N–H and O–H groups in total. The molecular formula is C24H29ClN4O2S. The van der Waals surface area contributed by atoms with Crippen molar-refractivity contribution >= 4 is 29.6 Å². The summed E-state index contributed by atoms with van der Waals surface area (Å²) in [7, 11) is 1.64. The van der Waals surface area contributed by atoms with Crippen LogP contribution in [0.5, 0.6) is 11.5 Å². The normalized spacial score (nSPS) is 11.4. The summed E-state index contributed by atoms with van der Waals surface area (Å²) in [5, 5.41) is 14.9. The topological polar surface area (TPSA) is 61.5 Å². The molecule has 170 valence electrons. The minimum absolute atomic E-state index is 0.440. The highest BCUT2D eigenvalue weighted by atomic mass is 35.5. The number of nitrogens with zero attached hydrogens (tertiary/aromatic N) is 4. The van der Waals surface area contributed by atoms with Crippen molar-refractivity contribution < 1.29 is 9.47 Å². The van der Waals surface area contributed by atoms with Gasteiger partial charge in [0.1, 0.15) is 0 Å². The summed E-state index contributed by atoms with van der Waals surface area (Å²) in [6.45, 7) is 6.98. The number of rotatable bonds is 11. The van der Waals surface area contributed by atoms with Gasteiger partial charge >= 0.3 is 0 Å². The summed E-state index contributed by atoms with van der Waals surface area (Å²) in [5.41, 5.74) is 2.07. The third-order valence-corrected chi connectivity index (χ3v) is 5.76. The molecule has 6 nitrogen and oxygen atoms in total. The van der Waals surface area contributed by atoms with Gasteiger partial charge in [0.15, 0.2) is 17.3 Å². The summed E-state index contributed by atoms with van der Waals surface area (Å²) in [5.74, 6) is 3.45. The van der Waals surface area contributed by atoms with Gasteiger partial charge in [-0.15, -0.1) is 10.2 Å². The van der Waals surface area contributed by atoms with Crippen molar-refractivity contribution in [2.45, 2.75) is 44.5 Å². The van der Waals surface area contributed by atoms with Gasteiger partial charge in [-0.1, -0.05) is 56.3 Å². The van der Waals surface area contributed by atoms with Crippen LogP contribution in [0.4, 0.5) is 0 Å². The molecule has 0 atom stereocenters. The smallest absolute Gasteiger partial charge is 0.212 e. The lowest BCUT2D eigenvalue weighted by Crippen LogP contribution is -2.05. The van der Waals surface area contributed by atoms with Gasteiger partial charge in [-0.25, -0.2) is 0 Å². The number of aryl methyl sites for hydroxylation is 1. The summed E-state index contributed by atoms with van der Waals surface area (Å²) in [4.78, 5) is 0. The number of thioether (sulfide) groups is 1. The van der Waals surface area contributed by atoms with Crippen LogP contribution in [0.2, 0.25) is 5.02 Å². The van der Waals surface area contributed by atoms with Crippen LogP contribution in [0.25, 0.3) is 0 Å². The molecule has 0 aliphatic rings. The van der Waals surface area contributed by atoms with Crippen molar-refractivity contribution in [1.29, 1.82) is 0 Å². The molecule has 0 aliphatic heterocycles. The fourth-order valence-corrected chi connectivity index (χ4v) is 3.86. The van der Waals surface area contributed by atoms with E-state index in [0.29, 0.717) is 18.3 Å². The maximum Gasteiger partial charge on any atom is 0.212 e. The lowest BCUT2D eigenvalue weighted by molar-refractivity contribution is 0.257. The molecule has 0 amide bonds. The van der Waals surface area contributed by atoms with Crippen LogP contribution in [0.3, 0.4) is 0 Å². The van der Waals surface area contributed by atoms with Gasteiger partial charge in [0.25, 0.3) is 0 Å². The molecule has 32 heavy (non-hydrogen) atoms. The Kier molecular flexibility index (Phi) is 9.00. The molecule has 2 aromatic carbocycles. The van der Waals surface area contributed by atoms with Crippen LogP contribution in [-0.4, -0.2) is 34.8 Å². The molecule has 1 heterocycles. The van der Waals surface area contributed by atoms with Crippen molar-refractivity contribution in [3.63, 3.8) is 0 Å². The molecule has 0 bridgehead atoms. The van der Waals surface area contributed by atoms with Gasteiger partial charge in [0.2, 0.25) is 5.16 Å². The number of ether oxygens (including phenoxy) is 2. The lowest BCUT2D eigenvalue weighted by Gasteiger charge is -2.12. The largest absolute Gasteiger partial charge is 0.493 e. The van der Waals surface area contributed by atoms with Gasteiger partial charge in [0.05, 0.1) is 19.9 Å². The van der Waals surface area contributed by atoms with E-state index in [-0.39, 0.29) is 0 Å². The maximum atomic E-state index is 5.99. The van der Waals surface area contributed by atoms with Crippen LogP contribution < -0.4 is 9.47 Å². The van der Waals surface area contributed by atoms with Crippen LogP contribution in [0.1, 0.15) is 44.1 Å². The van der Waals surface area contributed by atoms with Crippen LogP contribution >= 0.6 is 23.4 Å². The fourth-order valence-electron chi connectivity index (χ4n) is 2.87. The van der Waals surface area contributed by atoms with E-state index in [1.807, 2.05) is 47.1 Å². The first-order chi connectivity index (χ1) is 15.5. The third kappa shape index (κ3) is 6.74. The zero-order chi connectivity index (χ0) is 22.9. The standard InChI is InChI=1S/C24H29ClN4O2S/c1-5-6-23-27-28-24(32-16-18-7-10-20(25)11-8-18)29(23)26-14-19-9-12-21(22(13-19)30-4)31-15-17(2)3/h7-14,17H,5-6,15-16H2,1-4H3/b26-14+. The highest BCUT2D eigenvalue weighted by Crippen LogP contribution is 2.28. The van der Waals surface area contributed by atoms with Crippen molar-refractivity contribution in [2.24, 2.45) is 11.0 Å². The first kappa shape index (κ1) is 24.1. The molecule has 0 saturated heterocycles. The van der Waals surface area contributed by atoms with E-state index in [1.165, 1.54) is 0 Å². The van der Waals surface area contributed by atoms with Gasteiger partial charge in [0, 0.05) is 17.2 Å². The fraction of sp³-hybridized carbons (Fsp3) is 0.375. The van der Waals surface area contributed by atoms with Crippen LogP contribution in [-0.2, 0) is 12.2 Å². The van der Waals surface area contributed by atoms with E-state index in [2.05, 4.69) is 36.1 Å². The van der Waals surface area contributed by atoms with E-state index < -0.39 is 0 Å². The molecule has 0 spiro atoms. The summed E-state index contributed by atoms with van der Waals surface area (Å²) < 4.78 is 13.2. The van der Waals surface area contributed by atoms with Gasteiger partial charge in [-0.3, -0.25) is 0 Å². The Morgan fingerprint density at radius 2 is 1.91 bits per heavy atom. The molecule has 0 unspecified atom stereocenters. The monoisotopic (exact) mass is 472 g/mol. The number of benzene rings is 2. The lowest BCUT2D eigenvalue weighted by atomic mass is 10.2. The molecule has 0 radical (unpaired) electrons. The van der Waals surface area contributed by atoms with Crippen LogP contribution in [0, 0.1) is 5.92 Å². The van der Waals surface area contributed by atoms with Crippen molar-refractivity contribution in [1.82, 2.24) is 14.9 Å². The molecule has 0 aliphatic carbocycles. The molecule has 0 saturated carbocycles. The molecule has 3 aromatic rings. The second-order valence-electron chi connectivity index (χ2n) is 7.74. The average Bonchev–Trinajstić information content (AvgIpc) is 3.17. The Balaban J connectivity index is 1.78. The SMILES string of the molecule is CCCc1nnc(SCc2ccc(Cl)cc2)n1/N=C/c1ccc(OCC(C)C)c(OC)c1. The predicted octanol–water partition coefficient (Wildman–Crippen LogP) is 6.10. The zero-order valence-electron chi connectivity index (χ0n) is 18.9. The summed E-state index contributed by atoms with van der Waals surface area (Å²) in [6, 6.07) is 13.6. The second-order valence-corrected chi connectivity index (χ2v) is 9.11. The summed E-state index contributed by atoms with van der Waals surface area (Å²) in [6.07, 6.45) is 3.56. The predicted molar refractivity (Wildman–Crippen MR) is 131 cm³/mol. The molecular weight excluding hydrogens is 444 g/mol. The van der Waals surface area contributed by atoms with E-state index in [9.17, 15) is 0 Å². The number of methoxy groups -OCH3 is 1. The Morgan fingerprint density at radius 1 is 1.12 bits per heavy atom. The van der Waals surface area contributed by atoms with E-state index >= 15 is 0 Å². The second kappa shape index (κ2) is 11.9. The van der Waals surface area contributed by atoms with E-state index in [4.69, 9.17) is 21.1 Å². The maximum absolute atomic E-state index is 5.99. The van der Waals surface area contributed by atoms with Gasteiger partial charge in [-0.2, -0.15) is 9.78 Å². The highest BCUT2D eigenvalue weighted by Gasteiger charge is 2.12. The average molecular weight is 473 g/mol. The highest BCUT2D eigenvalue weighted by molar-refractivity contribution is 7.98. The number of aromatic nitrogens is 3. The van der Waals surface area contributed by atoms with E-state index in [1.54, 1.807) is 25.1 Å². The first-order valence-electron chi connectivity index (χ1n) is 10.7. The van der Waals surface area contributed by atoms with E-state index in [0.717, 1.165) is 51.5 Å². The molecule has 8 heteroatoms. The van der Waals surface area contributed by atoms with Crippen LogP contribution in [0.15, 0.2) is 52.7 Å². The minimum Gasteiger partial charge on any atom is -0.493 e. The Hall–Kier alpha value is -2.51. The quantitative estimate of drug-likeness (QED) is 0.249. The van der Waals surface area contributed by atoms with Crippen molar-refractivity contribution in [3.05, 3.63) is 64.4 Å². The Bertz CT molecular complexity index is 1030. The van der Waals surface area contributed by atoms with Gasteiger partial charge in [-0.05, 0) is 53.8 Å².